The van der Waals surface area contributed by atoms with Crippen LogP contribution in [0.15, 0.2) is 30.6 Å². The van der Waals surface area contributed by atoms with Gasteiger partial charge in [0.05, 0.1) is 16.1 Å². The van der Waals surface area contributed by atoms with Crippen LogP contribution in [-0.4, -0.2) is 33.4 Å². The normalized spacial score (nSPS) is 16.1. The molecule has 2 heterocycles. The van der Waals surface area contributed by atoms with Gasteiger partial charge in [0, 0.05) is 37.9 Å². The van der Waals surface area contributed by atoms with E-state index in [-0.39, 0.29) is 16.5 Å². The number of likely N-dealkylation sites (tertiary alicyclic amines) is 1. The molecule has 1 aliphatic heterocycles. The monoisotopic (exact) mass is 385 g/mol. The quantitative estimate of drug-likeness (QED) is 0.774. The van der Waals surface area contributed by atoms with Crippen LogP contribution in [0.1, 0.15) is 47.4 Å². The van der Waals surface area contributed by atoms with E-state index in [1.54, 1.807) is 11.1 Å². The smallest absolute Gasteiger partial charge is 0.339 e. The second-order valence-corrected chi connectivity index (χ2v) is 6.74. The molecule has 3 rings (SSSR count). The highest BCUT2D eigenvalue weighted by Crippen LogP contribution is 2.33. The first-order valence-electron chi connectivity index (χ1n) is 8.48. The third kappa shape index (κ3) is 3.72. The fourth-order valence-electron chi connectivity index (χ4n) is 3.32. The van der Waals surface area contributed by atoms with Crippen molar-refractivity contribution in [3.63, 3.8) is 0 Å². The van der Waals surface area contributed by atoms with Gasteiger partial charge in [0.15, 0.2) is 0 Å². The van der Waals surface area contributed by atoms with E-state index >= 15 is 0 Å². The van der Waals surface area contributed by atoms with Crippen LogP contribution in [0.2, 0.25) is 5.02 Å². The van der Waals surface area contributed by atoms with Crippen molar-refractivity contribution in [3.05, 3.63) is 52.6 Å². The lowest BCUT2D eigenvalue weighted by molar-refractivity contribution is -0.137. The van der Waals surface area contributed by atoms with Gasteiger partial charge in [-0.3, -0.25) is 4.79 Å². The fourth-order valence-corrected chi connectivity index (χ4v) is 3.52. The molecule has 26 heavy (non-hydrogen) atoms. The number of nitrogens with zero attached hydrogens (tertiary/aromatic N) is 3. The molecule has 0 aliphatic carbocycles. The standard InChI is InChI=1S/C18H19ClF3N3O/c1-2-24-10-7-23-16(24)12-5-8-25(9-6-12)17(26)14-11-13(18(20,21)22)3-4-15(14)19/h3-4,7,10-12H,2,5-6,8-9H2,1H3. The number of piperidine rings is 1. The molecule has 140 valence electrons. The number of imidazole rings is 1. The summed E-state index contributed by atoms with van der Waals surface area (Å²) in [7, 11) is 0. The van der Waals surface area contributed by atoms with E-state index in [0.717, 1.165) is 43.4 Å². The van der Waals surface area contributed by atoms with Crippen LogP contribution in [0.3, 0.4) is 0 Å². The maximum atomic E-state index is 12.9. The number of carbonyl (C=O) groups excluding carboxylic acids is 1. The molecule has 1 aliphatic rings. The molecule has 0 N–H and O–H groups in total. The van der Waals surface area contributed by atoms with Crippen LogP contribution >= 0.6 is 11.6 Å². The lowest BCUT2D eigenvalue weighted by atomic mass is 9.95. The van der Waals surface area contributed by atoms with Crippen molar-refractivity contribution in [2.24, 2.45) is 0 Å². The topological polar surface area (TPSA) is 38.1 Å². The summed E-state index contributed by atoms with van der Waals surface area (Å²) >= 11 is 5.98. The molecule has 1 amide bonds. The summed E-state index contributed by atoms with van der Waals surface area (Å²) in [6.07, 6.45) is 0.622. The minimum Gasteiger partial charge on any atom is -0.339 e. The summed E-state index contributed by atoms with van der Waals surface area (Å²) < 4.78 is 40.8. The zero-order valence-electron chi connectivity index (χ0n) is 14.3. The van der Waals surface area contributed by atoms with E-state index in [9.17, 15) is 18.0 Å². The number of halogens is 4. The number of amides is 1. The average Bonchev–Trinajstić information content (AvgIpc) is 3.09. The molecule has 1 aromatic carbocycles. The van der Waals surface area contributed by atoms with Crippen molar-refractivity contribution in [3.8, 4) is 0 Å². The lowest BCUT2D eigenvalue weighted by Crippen LogP contribution is -2.38. The van der Waals surface area contributed by atoms with Gasteiger partial charge in [0.2, 0.25) is 0 Å². The Kier molecular flexibility index (Phi) is 5.27. The molecule has 1 fully saturated rings. The predicted octanol–water partition coefficient (Wildman–Crippen LogP) is 4.60. The minimum atomic E-state index is -4.51. The van der Waals surface area contributed by atoms with E-state index in [1.807, 2.05) is 13.1 Å². The first kappa shape index (κ1) is 18.8. The Labute approximate surface area is 154 Å². The van der Waals surface area contributed by atoms with Gasteiger partial charge in [0.1, 0.15) is 5.82 Å². The SMILES string of the molecule is CCn1ccnc1C1CCN(C(=O)c2cc(C(F)(F)F)ccc2Cl)CC1. The van der Waals surface area contributed by atoms with Gasteiger partial charge >= 0.3 is 6.18 Å². The largest absolute Gasteiger partial charge is 0.416 e. The van der Waals surface area contributed by atoms with Crippen LogP contribution < -0.4 is 0 Å². The zero-order valence-corrected chi connectivity index (χ0v) is 15.0. The molecule has 0 atom stereocenters. The Hall–Kier alpha value is -2.02. The van der Waals surface area contributed by atoms with Crippen molar-refractivity contribution < 1.29 is 18.0 Å². The number of hydrogen-bond donors (Lipinski definition) is 0. The van der Waals surface area contributed by atoms with E-state index < -0.39 is 17.6 Å². The molecule has 1 saturated heterocycles. The maximum absolute atomic E-state index is 12.9. The molecule has 8 heteroatoms. The fraction of sp³-hybridized carbons (Fsp3) is 0.444. The van der Waals surface area contributed by atoms with Crippen LogP contribution in [0.25, 0.3) is 0 Å². The van der Waals surface area contributed by atoms with Gasteiger partial charge in [-0.05, 0) is 38.0 Å². The highest BCUT2D eigenvalue weighted by molar-refractivity contribution is 6.33. The first-order chi connectivity index (χ1) is 12.3. The van der Waals surface area contributed by atoms with Crippen LogP contribution in [0, 0.1) is 0 Å². The van der Waals surface area contributed by atoms with Crippen molar-refractivity contribution in [2.75, 3.05) is 13.1 Å². The molecule has 0 unspecified atom stereocenters. The van der Waals surface area contributed by atoms with Gasteiger partial charge in [-0.1, -0.05) is 11.6 Å². The molecule has 4 nitrogen and oxygen atoms in total. The molecule has 0 spiro atoms. The average molecular weight is 386 g/mol. The van der Waals surface area contributed by atoms with Crippen molar-refractivity contribution in [1.29, 1.82) is 0 Å². The summed E-state index contributed by atoms with van der Waals surface area (Å²) in [4.78, 5) is 18.6. The van der Waals surface area contributed by atoms with Crippen molar-refractivity contribution in [1.82, 2.24) is 14.5 Å². The minimum absolute atomic E-state index is 0.0339. The number of benzene rings is 1. The Morgan fingerprint density at radius 3 is 2.62 bits per heavy atom. The van der Waals surface area contributed by atoms with Crippen LogP contribution in [0.4, 0.5) is 13.2 Å². The number of aromatic nitrogens is 2. The van der Waals surface area contributed by atoms with E-state index in [0.29, 0.717) is 13.1 Å². The lowest BCUT2D eigenvalue weighted by Gasteiger charge is -2.32. The van der Waals surface area contributed by atoms with Crippen molar-refractivity contribution >= 4 is 17.5 Å². The Morgan fingerprint density at radius 2 is 2.00 bits per heavy atom. The Balaban J connectivity index is 1.73. The van der Waals surface area contributed by atoms with Gasteiger partial charge < -0.3 is 9.47 Å². The van der Waals surface area contributed by atoms with Gasteiger partial charge in [-0.15, -0.1) is 0 Å². The highest BCUT2D eigenvalue weighted by Gasteiger charge is 2.33. The Morgan fingerprint density at radius 1 is 1.31 bits per heavy atom. The number of carbonyl (C=O) groups is 1. The summed E-state index contributed by atoms with van der Waals surface area (Å²) in [5.74, 6) is 0.779. The third-order valence-corrected chi connectivity index (χ3v) is 5.09. The molecule has 2 aromatic rings. The molecular weight excluding hydrogens is 367 g/mol. The molecular formula is C18H19ClF3N3O. The molecule has 0 bridgehead atoms. The summed E-state index contributed by atoms with van der Waals surface area (Å²) in [5.41, 5.74) is -0.972. The zero-order chi connectivity index (χ0) is 18.9. The summed E-state index contributed by atoms with van der Waals surface area (Å²) in [5, 5.41) is 0.0339. The number of aryl methyl sites for hydroxylation is 1. The molecule has 0 radical (unpaired) electrons. The van der Waals surface area contributed by atoms with Crippen LogP contribution in [-0.2, 0) is 12.7 Å². The highest BCUT2D eigenvalue weighted by atomic mass is 35.5. The number of hydrogen-bond acceptors (Lipinski definition) is 2. The van der Waals surface area contributed by atoms with Crippen molar-refractivity contribution in [2.45, 2.75) is 38.4 Å². The van der Waals surface area contributed by atoms with Gasteiger partial charge in [0.25, 0.3) is 5.91 Å². The first-order valence-corrected chi connectivity index (χ1v) is 8.86. The van der Waals surface area contributed by atoms with E-state index in [1.165, 1.54) is 0 Å². The number of rotatable bonds is 3. The molecule has 0 saturated carbocycles. The van der Waals surface area contributed by atoms with Gasteiger partial charge in [-0.2, -0.15) is 13.2 Å². The second-order valence-electron chi connectivity index (χ2n) is 6.33. The van der Waals surface area contributed by atoms with Crippen LogP contribution in [0.5, 0.6) is 0 Å². The van der Waals surface area contributed by atoms with E-state index in [2.05, 4.69) is 9.55 Å². The Bertz CT molecular complexity index is 795. The van der Waals surface area contributed by atoms with E-state index in [4.69, 9.17) is 11.6 Å². The number of alkyl halides is 3. The third-order valence-electron chi connectivity index (χ3n) is 4.76. The summed E-state index contributed by atoms with van der Waals surface area (Å²) in [6, 6.07) is 2.85. The maximum Gasteiger partial charge on any atom is 0.416 e. The molecule has 1 aromatic heterocycles. The summed E-state index contributed by atoms with van der Waals surface area (Å²) in [6.45, 7) is 3.80. The van der Waals surface area contributed by atoms with Gasteiger partial charge in [-0.25, -0.2) is 4.98 Å². The predicted molar refractivity (Wildman–Crippen MR) is 92.2 cm³/mol. The second kappa shape index (κ2) is 7.31.